The molecule has 1 heterocycles. The summed E-state index contributed by atoms with van der Waals surface area (Å²) in [6.07, 6.45) is 0.311. The highest BCUT2D eigenvalue weighted by atomic mass is 16.2. The van der Waals surface area contributed by atoms with Crippen LogP contribution < -0.4 is 10.6 Å². The zero-order chi connectivity index (χ0) is 10.8. The maximum Gasteiger partial charge on any atom is 0.326 e. The summed E-state index contributed by atoms with van der Waals surface area (Å²) in [6.45, 7) is 0. The van der Waals surface area contributed by atoms with E-state index in [0.29, 0.717) is 12.1 Å². The maximum atomic E-state index is 11.0. The summed E-state index contributed by atoms with van der Waals surface area (Å²) >= 11 is 0. The van der Waals surface area contributed by atoms with Crippen LogP contribution in [0, 0.1) is 11.3 Å². The normalized spacial score (nSPS) is 12.6. The second-order valence-electron chi connectivity index (χ2n) is 3.16. The summed E-state index contributed by atoms with van der Waals surface area (Å²) in [4.78, 5) is 21.8. The van der Waals surface area contributed by atoms with Gasteiger partial charge < -0.3 is 10.6 Å². The monoisotopic (exact) mass is 201 g/mol. The lowest BCUT2D eigenvalue weighted by atomic mass is 10.1. The Bertz CT molecular complexity index is 488. The summed E-state index contributed by atoms with van der Waals surface area (Å²) < 4.78 is 0. The van der Waals surface area contributed by atoms with E-state index in [-0.39, 0.29) is 5.91 Å². The number of fused-ring (bicyclic) bond motifs is 1. The van der Waals surface area contributed by atoms with Crippen molar-refractivity contribution in [1.82, 2.24) is 0 Å². The molecule has 0 radical (unpaired) electrons. The smallest absolute Gasteiger partial charge is 0.326 e. The minimum Gasteiger partial charge on any atom is -0.326 e. The molecular formula is C10H7N3O2. The number of amides is 2. The fourth-order valence-electron chi connectivity index (χ4n) is 1.47. The number of rotatable bonds is 1. The van der Waals surface area contributed by atoms with E-state index in [9.17, 15) is 9.59 Å². The Balaban J connectivity index is 2.24. The van der Waals surface area contributed by atoms with Crippen molar-refractivity contribution in [2.24, 2.45) is 0 Å². The van der Waals surface area contributed by atoms with Crippen molar-refractivity contribution < 1.29 is 9.59 Å². The molecule has 0 saturated carbocycles. The van der Waals surface area contributed by atoms with Gasteiger partial charge in [-0.2, -0.15) is 5.26 Å². The molecular weight excluding hydrogens is 194 g/mol. The van der Waals surface area contributed by atoms with E-state index in [0.717, 1.165) is 11.3 Å². The predicted octanol–water partition coefficient (Wildman–Crippen LogP) is 0.643. The van der Waals surface area contributed by atoms with E-state index in [1.165, 1.54) is 6.07 Å². The summed E-state index contributed by atoms with van der Waals surface area (Å²) in [5, 5.41) is 13.4. The van der Waals surface area contributed by atoms with Gasteiger partial charge in [0.2, 0.25) is 5.91 Å². The quantitative estimate of drug-likeness (QED) is 0.654. The van der Waals surface area contributed by atoms with Crippen LogP contribution in [0.2, 0.25) is 0 Å². The van der Waals surface area contributed by atoms with Gasteiger partial charge in [-0.3, -0.25) is 9.59 Å². The van der Waals surface area contributed by atoms with Gasteiger partial charge in [0.05, 0.1) is 6.42 Å². The maximum absolute atomic E-state index is 11.0. The molecule has 0 bridgehead atoms. The fourth-order valence-corrected chi connectivity index (χ4v) is 1.47. The number of nitriles is 1. The first-order valence-corrected chi connectivity index (χ1v) is 4.33. The number of nitrogens with zero attached hydrogens (tertiary/aromatic N) is 1. The second kappa shape index (κ2) is 3.42. The Kier molecular flexibility index (Phi) is 2.10. The van der Waals surface area contributed by atoms with Gasteiger partial charge in [-0.05, 0) is 23.8 Å². The molecule has 0 unspecified atom stereocenters. The van der Waals surface area contributed by atoms with Crippen LogP contribution in [0.1, 0.15) is 5.56 Å². The summed E-state index contributed by atoms with van der Waals surface area (Å²) in [5.41, 5.74) is 2.11. The third kappa shape index (κ3) is 1.79. The second-order valence-corrected chi connectivity index (χ2v) is 3.16. The van der Waals surface area contributed by atoms with Crippen LogP contribution in [-0.4, -0.2) is 11.8 Å². The lowest BCUT2D eigenvalue weighted by Crippen LogP contribution is -2.07. The van der Waals surface area contributed by atoms with E-state index < -0.39 is 5.91 Å². The van der Waals surface area contributed by atoms with Crippen LogP contribution >= 0.6 is 0 Å². The largest absolute Gasteiger partial charge is 0.326 e. The first kappa shape index (κ1) is 9.21. The van der Waals surface area contributed by atoms with E-state index in [1.807, 2.05) is 0 Å². The summed E-state index contributed by atoms with van der Waals surface area (Å²) in [6, 6.07) is 6.48. The van der Waals surface area contributed by atoms with Crippen molar-refractivity contribution in [2.75, 3.05) is 10.6 Å². The zero-order valence-corrected chi connectivity index (χ0v) is 7.70. The highest BCUT2D eigenvalue weighted by Gasteiger charge is 2.17. The number of hydrogen-bond donors (Lipinski definition) is 2. The van der Waals surface area contributed by atoms with E-state index >= 15 is 0 Å². The van der Waals surface area contributed by atoms with Crippen molar-refractivity contribution in [3.63, 3.8) is 0 Å². The number of carbonyl (C=O) groups excluding carboxylic acids is 2. The molecule has 0 fully saturated rings. The Hall–Kier alpha value is -2.35. The molecule has 1 aromatic carbocycles. The average Bonchev–Trinajstić information content (AvgIpc) is 2.57. The van der Waals surface area contributed by atoms with Gasteiger partial charge in [-0.1, -0.05) is 0 Å². The first-order valence-electron chi connectivity index (χ1n) is 4.33. The number of carbonyl (C=O) groups is 2. The van der Waals surface area contributed by atoms with Gasteiger partial charge in [0, 0.05) is 11.4 Å². The Morgan fingerprint density at radius 3 is 3.07 bits per heavy atom. The molecule has 5 heteroatoms. The van der Waals surface area contributed by atoms with E-state index in [2.05, 4.69) is 10.6 Å². The molecule has 1 aromatic rings. The molecule has 1 aliphatic rings. The van der Waals surface area contributed by atoms with Gasteiger partial charge in [-0.15, -0.1) is 0 Å². The molecule has 0 aliphatic carbocycles. The number of anilines is 2. The molecule has 0 spiro atoms. The molecule has 0 saturated heterocycles. The minimum atomic E-state index is -0.716. The van der Waals surface area contributed by atoms with Crippen molar-refractivity contribution in [3.8, 4) is 6.07 Å². The summed E-state index contributed by atoms with van der Waals surface area (Å²) in [5.74, 6) is -0.777. The lowest BCUT2D eigenvalue weighted by molar-refractivity contribution is -0.115. The highest BCUT2D eigenvalue weighted by molar-refractivity contribution is 6.03. The molecule has 2 rings (SSSR count). The van der Waals surface area contributed by atoms with Crippen LogP contribution in [0.4, 0.5) is 11.4 Å². The fraction of sp³-hybridized carbons (Fsp3) is 0.100. The highest BCUT2D eigenvalue weighted by Crippen LogP contribution is 2.25. The number of nitrogens with one attached hydrogen (secondary N) is 2. The Morgan fingerprint density at radius 1 is 1.53 bits per heavy atom. The summed E-state index contributed by atoms with van der Waals surface area (Å²) in [7, 11) is 0. The van der Waals surface area contributed by atoms with Crippen LogP contribution in [0.15, 0.2) is 18.2 Å². The SMILES string of the molecule is N#CC(=O)Nc1ccc2c(c1)CC(=O)N2. The lowest BCUT2D eigenvalue weighted by Gasteiger charge is -2.02. The molecule has 15 heavy (non-hydrogen) atoms. The molecule has 1 aliphatic heterocycles. The van der Waals surface area contributed by atoms with Crippen molar-refractivity contribution >= 4 is 23.2 Å². The van der Waals surface area contributed by atoms with Gasteiger partial charge in [0.25, 0.3) is 0 Å². The molecule has 5 nitrogen and oxygen atoms in total. The molecule has 0 atom stereocenters. The van der Waals surface area contributed by atoms with Crippen LogP contribution in [0.25, 0.3) is 0 Å². The standard InChI is InChI=1S/C10H7N3O2/c11-5-10(15)12-7-1-2-8-6(3-7)4-9(14)13-8/h1-3H,4H2,(H,12,15)(H,13,14). The van der Waals surface area contributed by atoms with Crippen LogP contribution in [0.3, 0.4) is 0 Å². The van der Waals surface area contributed by atoms with Gasteiger partial charge in [-0.25, -0.2) is 0 Å². The third-order valence-electron chi connectivity index (χ3n) is 2.09. The number of benzene rings is 1. The topological polar surface area (TPSA) is 82.0 Å². The van der Waals surface area contributed by atoms with Crippen molar-refractivity contribution in [2.45, 2.75) is 6.42 Å². The Morgan fingerprint density at radius 2 is 2.33 bits per heavy atom. The van der Waals surface area contributed by atoms with E-state index in [1.54, 1.807) is 18.2 Å². The van der Waals surface area contributed by atoms with Crippen LogP contribution in [-0.2, 0) is 16.0 Å². The molecule has 74 valence electrons. The van der Waals surface area contributed by atoms with Crippen molar-refractivity contribution in [3.05, 3.63) is 23.8 Å². The average molecular weight is 201 g/mol. The number of hydrogen-bond acceptors (Lipinski definition) is 3. The van der Waals surface area contributed by atoms with E-state index in [4.69, 9.17) is 5.26 Å². The predicted molar refractivity (Wildman–Crippen MR) is 53.0 cm³/mol. The third-order valence-corrected chi connectivity index (χ3v) is 2.09. The Labute approximate surface area is 85.7 Å². The minimum absolute atomic E-state index is 0.0613. The van der Waals surface area contributed by atoms with Crippen molar-refractivity contribution in [1.29, 1.82) is 5.26 Å². The van der Waals surface area contributed by atoms with Gasteiger partial charge in [0.15, 0.2) is 6.07 Å². The van der Waals surface area contributed by atoms with Gasteiger partial charge >= 0.3 is 5.91 Å². The zero-order valence-electron chi connectivity index (χ0n) is 7.70. The molecule has 2 N–H and O–H groups in total. The van der Waals surface area contributed by atoms with Gasteiger partial charge in [0.1, 0.15) is 0 Å². The first-order chi connectivity index (χ1) is 7.19. The van der Waals surface area contributed by atoms with Crippen LogP contribution in [0.5, 0.6) is 0 Å². The molecule has 0 aromatic heterocycles. The molecule has 2 amide bonds.